The van der Waals surface area contributed by atoms with Gasteiger partial charge < -0.3 is 10.5 Å². The lowest BCUT2D eigenvalue weighted by atomic mass is 9.96. The number of hydrogen-bond donors (Lipinski definition) is 1. The fourth-order valence-electron chi connectivity index (χ4n) is 2.42. The molecule has 0 aliphatic carbocycles. The third-order valence-corrected chi connectivity index (χ3v) is 3.56. The minimum absolute atomic E-state index is 0.0244. The van der Waals surface area contributed by atoms with Crippen LogP contribution in [0.3, 0.4) is 0 Å². The fraction of sp³-hybridized carbons (Fsp3) is 0.0526. The summed E-state index contributed by atoms with van der Waals surface area (Å²) >= 11 is 0. The molecule has 0 aliphatic rings. The first kappa shape index (κ1) is 16.0. The average Bonchev–Trinajstić information content (AvgIpc) is 2.67. The van der Waals surface area contributed by atoms with Gasteiger partial charge in [0, 0.05) is 11.8 Å². The molecule has 1 aromatic carbocycles. The molecule has 0 atom stereocenters. The van der Waals surface area contributed by atoms with Crippen LogP contribution < -0.4 is 10.5 Å². The van der Waals surface area contributed by atoms with Crippen LogP contribution in [0.4, 0.5) is 5.82 Å². The standard InChI is InChI=1S/C19H13N5O/c20-10-15-17(13-6-2-1-3-7-13)16(11-21)19(24-18(15)22)25-12-14-8-4-5-9-23-14/h1-9H,12H2,(H2,22,24). The molecule has 2 aromatic heterocycles. The zero-order valence-corrected chi connectivity index (χ0v) is 13.2. The number of anilines is 1. The third-order valence-electron chi connectivity index (χ3n) is 3.56. The van der Waals surface area contributed by atoms with Gasteiger partial charge in [0.1, 0.15) is 35.7 Å². The van der Waals surface area contributed by atoms with E-state index in [1.807, 2.05) is 30.3 Å². The number of hydrogen-bond acceptors (Lipinski definition) is 6. The minimum atomic E-state index is 0.0244. The van der Waals surface area contributed by atoms with Gasteiger partial charge in [-0.15, -0.1) is 0 Å². The van der Waals surface area contributed by atoms with Gasteiger partial charge in [0.15, 0.2) is 0 Å². The second kappa shape index (κ2) is 7.12. The van der Waals surface area contributed by atoms with Crippen LogP contribution in [-0.2, 0) is 6.61 Å². The number of aromatic nitrogens is 2. The summed E-state index contributed by atoms with van der Waals surface area (Å²) in [5.41, 5.74) is 8.08. The first-order chi connectivity index (χ1) is 12.2. The van der Waals surface area contributed by atoms with Gasteiger partial charge in [0.05, 0.1) is 5.69 Å². The zero-order valence-electron chi connectivity index (χ0n) is 13.2. The van der Waals surface area contributed by atoms with E-state index in [0.29, 0.717) is 16.8 Å². The van der Waals surface area contributed by atoms with Gasteiger partial charge in [-0.2, -0.15) is 15.5 Å². The molecule has 6 heteroatoms. The monoisotopic (exact) mass is 327 g/mol. The summed E-state index contributed by atoms with van der Waals surface area (Å²) in [6.07, 6.45) is 1.65. The Hall–Kier alpha value is -3.90. The smallest absolute Gasteiger partial charge is 0.234 e. The fourth-order valence-corrected chi connectivity index (χ4v) is 2.42. The number of benzene rings is 1. The van der Waals surface area contributed by atoms with Crippen LogP contribution >= 0.6 is 0 Å². The molecule has 0 spiro atoms. The topological polar surface area (TPSA) is 109 Å². The number of nitrogen functional groups attached to an aromatic ring is 1. The maximum absolute atomic E-state index is 9.63. The lowest BCUT2D eigenvalue weighted by Gasteiger charge is -2.13. The molecule has 3 rings (SSSR count). The highest BCUT2D eigenvalue weighted by Crippen LogP contribution is 2.35. The van der Waals surface area contributed by atoms with E-state index in [2.05, 4.69) is 16.0 Å². The first-order valence-electron chi connectivity index (χ1n) is 7.46. The Balaban J connectivity index is 2.10. The SMILES string of the molecule is N#Cc1c(N)nc(OCc2ccccn2)c(C#N)c1-c1ccccc1. The van der Waals surface area contributed by atoms with E-state index in [1.165, 1.54) is 0 Å². The van der Waals surface area contributed by atoms with Gasteiger partial charge >= 0.3 is 0 Å². The van der Waals surface area contributed by atoms with Crippen molar-refractivity contribution >= 4 is 5.82 Å². The molecule has 6 nitrogen and oxygen atoms in total. The lowest BCUT2D eigenvalue weighted by Crippen LogP contribution is -2.07. The van der Waals surface area contributed by atoms with E-state index in [1.54, 1.807) is 30.5 Å². The maximum Gasteiger partial charge on any atom is 0.234 e. The predicted molar refractivity (Wildman–Crippen MR) is 92.1 cm³/mol. The number of rotatable bonds is 4. The number of nitrogens with two attached hydrogens (primary N) is 1. The first-order valence-corrected chi connectivity index (χ1v) is 7.46. The van der Waals surface area contributed by atoms with E-state index >= 15 is 0 Å². The summed E-state index contributed by atoms with van der Waals surface area (Å²) < 4.78 is 5.67. The second-order valence-corrected chi connectivity index (χ2v) is 5.13. The van der Waals surface area contributed by atoms with E-state index < -0.39 is 0 Å². The molecule has 0 saturated heterocycles. The molecule has 2 N–H and O–H groups in total. The molecule has 25 heavy (non-hydrogen) atoms. The third kappa shape index (κ3) is 3.24. The van der Waals surface area contributed by atoms with E-state index in [9.17, 15) is 10.5 Å². The molecule has 0 aliphatic heterocycles. The zero-order chi connectivity index (χ0) is 17.6. The van der Waals surface area contributed by atoms with Crippen LogP contribution in [0.2, 0.25) is 0 Å². The normalized spacial score (nSPS) is 9.84. The Bertz CT molecular complexity index is 973. The maximum atomic E-state index is 9.63. The van der Waals surface area contributed by atoms with Crippen molar-refractivity contribution in [2.75, 3.05) is 5.73 Å². The van der Waals surface area contributed by atoms with Crippen LogP contribution in [0.15, 0.2) is 54.7 Å². The van der Waals surface area contributed by atoms with Gasteiger partial charge in [-0.3, -0.25) is 4.98 Å². The summed E-state index contributed by atoms with van der Waals surface area (Å²) in [7, 11) is 0. The van der Waals surface area contributed by atoms with Crippen molar-refractivity contribution in [3.63, 3.8) is 0 Å². The van der Waals surface area contributed by atoms with E-state index in [4.69, 9.17) is 10.5 Å². The molecule has 0 unspecified atom stereocenters. The Kier molecular flexibility index (Phi) is 4.55. The highest BCUT2D eigenvalue weighted by Gasteiger charge is 2.21. The number of pyridine rings is 2. The van der Waals surface area contributed by atoms with Gasteiger partial charge in [0.2, 0.25) is 5.88 Å². The van der Waals surface area contributed by atoms with Crippen molar-refractivity contribution in [3.8, 4) is 29.1 Å². The van der Waals surface area contributed by atoms with Crippen LogP contribution in [-0.4, -0.2) is 9.97 Å². The van der Waals surface area contributed by atoms with E-state index in [-0.39, 0.29) is 29.4 Å². The number of ether oxygens (including phenoxy) is 1. The quantitative estimate of drug-likeness (QED) is 0.789. The molecule has 0 radical (unpaired) electrons. The van der Waals surface area contributed by atoms with Crippen molar-refractivity contribution in [1.82, 2.24) is 9.97 Å². The molecule has 0 saturated carbocycles. The minimum Gasteiger partial charge on any atom is -0.470 e. The number of nitriles is 2. The largest absolute Gasteiger partial charge is 0.470 e. The van der Waals surface area contributed by atoms with Crippen LogP contribution in [0.25, 0.3) is 11.1 Å². The van der Waals surface area contributed by atoms with Crippen LogP contribution in [0.1, 0.15) is 16.8 Å². The molecular weight excluding hydrogens is 314 g/mol. The molecule has 0 fully saturated rings. The Morgan fingerprint density at radius 1 is 0.960 bits per heavy atom. The predicted octanol–water partition coefficient (Wildman–Crippen LogP) is 3.05. The van der Waals surface area contributed by atoms with Crippen LogP contribution in [0.5, 0.6) is 5.88 Å². The lowest BCUT2D eigenvalue weighted by molar-refractivity contribution is 0.289. The molecule has 0 amide bonds. The summed E-state index contributed by atoms with van der Waals surface area (Å²) in [6.45, 7) is 0.141. The summed E-state index contributed by atoms with van der Waals surface area (Å²) in [5.74, 6) is 0.111. The number of nitrogens with zero attached hydrogens (tertiary/aromatic N) is 4. The summed E-state index contributed by atoms with van der Waals surface area (Å²) in [5, 5.41) is 19.1. The van der Waals surface area contributed by atoms with E-state index in [0.717, 1.165) is 0 Å². The van der Waals surface area contributed by atoms with Crippen molar-refractivity contribution in [2.24, 2.45) is 0 Å². The highest BCUT2D eigenvalue weighted by molar-refractivity contribution is 5.82. The van der Waals surface area contributed by atoms with Gasteiger partial charge in [-0.1, -0.05) is 36.4 Å². The van der Waals surface area contributed by atoms with Crippen molar-refractivity contribution in [2.45, 2.75) is 6.61 Å². The molecule has 2 heterocycles. The van der Waals surface area contributed by atoms with Crippen LogP contribution in [0, 0.1) is 22.7 Å². The Morgan fingerprint density at radius 2 is 1.68 bits per heavy atom. The summed E-state index contributed by atoms with van der Waals surface area (Å²) in [6, 6.07) is 18.7. The molecule has 3 aromatic rings. The Morgan fingerprint density at radius 3 is 2.32 bits per heavy atom. The van der Waals surface area contributed by atoms with Gasteiger partial charge in [0.25, 0.3) is 0 Å². The molecule has 120 valence electrons. The molecule has 0 bridgehead atoms. The van der Waals surface area contributed by atoms with Crippen molar-refractivity contribution in [3.05, 3.63) is 71.5 Å². The van der Waals surface area contributed by atoms with Gasteiger partial charge in [-0.05, 0) is 17.7 Å². The second-order valence-electron chi connectivity index (χ2n) is 5.13. The van der Waals surface area contributed by atoms with Crippen molar-refractivity contribution in [1.29, 1.82) is 10.5 Å². The Labute approximate surface area is 144 Å². The van der Waals surface area contributed by atoms with Gasteiger partial charge in [-0.25, -0.2) is 0 Å². The average molecular weight is 327 g/mol. The van der Waals surface area contributed by atoms with Crippen molar-refractivity contribution < 1.29 is 4.74 Å². The summed E-state index contributed by atoms with van der Waals surface area (Å²) in [4.78, 5) is 8.27. The molecular formula is C19H13N5O. The highest BCUT2D eigenvalue weighted by atomic mass is 16.5.